The molecule has 12 heteroatoms. The summed E-state index contributed by atoms with van der Waals surface area (Å²) < 4.78 is 55.7. The van der Waals surface area contributed by atoms with Gasteiger partial charge in [-0.2, -0.15) is 14.1 Å². The van der Waals surface area contributed by atoms with Gasteiger partial charge < -0.3 is 4.90 Å². The first kappa shape index (κ1) is 24.2. The Bertz CT molecular complexity index is 1370. The van der Waals surface area contributed by atoms with E-state index in [4.69, 9.17) is 11.6 Å². The van der Waals surface area contributed by atoms with E-state index in [0.717, 1.165) is 22.9 Å². The summed E-state index contributed by atoms with van der Waals surface area (Å²) in [6.07, 6.45) is 2.84. The summed E-state index contributed by atoms with van der Waals surface area (Å²) in [5.74, 6) is -1.66. The molecular weight excluding hydrogens is 488 g/mol. The number of nitrogens with zero attached hydrogens (tertiary/aromatic N) is 5. The highest BCUT2D eigenvalue weighted by atomic mass is 35.5. The Balaban J connectivity index is 1.81. The van der Waals surface area contributed by atoms with Crippen molar-refractivity contribution in [3.63, 3.8) is 0 Å². The molecule has 0 atom stereocenters. The van der Waals surface area contributed by atoms with Gasteiger partial charge in [-0.15, -0.1) is 0 Å². The Labute approximate surface area is 200 Å². The zero-order chi connectivity index (χ0) is 24.6. The third-order valence-electron chi connectivity index (χ3n) is 5.60. The van der Waals surface area contributed by atoms with E-state index in [0.29, 0.717) is 11.4 Å². The van der Waals surface area contributed by atoms with Crippen LogP contribution in [0.5, 0.6) is 0 Å². The molecule has 0 N–H and O–H groups in total. The second-order valence-electron chi connectivity index (χ2n) is 8.10. The molecule has 0 spiro atoms. The van der Waals surface area contributed by atoms with E-state index in [1.807, 2.05) is 0 Å². The van der Waals surface area contributed by atoms with Crippen LogP contribution in [0, 0.1) is 11.6 Å². The standard InChI is InChI=1S/C22H22ClF2N5O3S/c1-14(2)34(32,33)29-7-5-28(6-8-29)19-13-27-30(18-3-4-26-20(23)12-18)22(31)21(19)15-9-16(24)11-17(25)10-15/h3-4,9-14H,5-8H2,1-2H3. The molecule has 3 aromatic rings. The van der Waals surface area contributed by atoms with E-state index in [1.165, 1.54) is 28.8 Å². The first-order valence-electron chi connectivity index (χ1n) is 10.5. The molecule has 1 saturated heterocycles. The average molecular weight is 510 g/mol. The van der Waals surface area contributed by atoms with Gasteiger partial charge >= 0.3 is 0 Å². The van der Waals surface area contributed by atoms with Crippen molar-refractivity contribution in [2.75, 3.05) is 31.1 Å². The van der Waals surface area contributed by atoms with Gasteiger partial charge in [-0.1, -0.05) is 11.6 Å². The SMILES string of the molecule is CC(C)S(=O)(=O)N1CCN(c2cnn(-c3ccnc(Cl)c3)c(=O)c2-c2cc(F)cc(F)c2)CC1. The number of halogens is 3. The fourth-order valence-electron chi connectivity index (χ4n) is 3.84. The highest BCUT2D eigenvalue weighted by molar-refractivity contribution is 7.89. The van der Waals surface area contributed by atoms with Crippen molar-refractivity contribution < 1.29 is 17.2 Å². The second kappa shape index (κ2) is 9.40. The molecule has 180 valence electrons. The average Bonchev–Trinajstić information content (AvgIpc) is 2.78. The molecule has 0 bridgehead atoms. The lowest BCUT2D eigenvalue weighted by atomic mass is 10.0. The molecule has 0 aliphatic carbocycles. The van der Waals surface area contributed by atoms with Crippen LogP contribution in [0.2, 0.25) is 5.15 Å². The Morgan fingerprint density at radius 3 is 2.26 bits per heavy atom. The smallest absolute Gasteiger partial charge is 0.281 e. The maximum absolute atomic E-state index is 14.1. The Hall–Kier alpha value is -2.89. The highest BCUT2D eigenvalue weighted by Crippen LogP contribution is 2.30. The van der Waals surface area contributed by atoms with Crippen molar-refractivity contribution in [1.29, 1.82) is 0 Å². The predicted molar refractivity (Wildman–Crippen MR) is 126 cm³/mol. The van der Waals surface area contributed by atoms with Crippen molar-refractivity contribution in [3.8, 4) is 16.8 Å². The molecule has 0 unspecified atom stereocenters. The van der Waals surface area contributed by atoms with Gasteiger partial charge in [-0.05, 0) is 37.6 Å². The van der Waals surface area contributed by atoms with Gasteiger partial charge in [0.25, 0.3) is 5.56 Å². The maximum atomic E-state index is 14.1. The molecule has 3 heterocycles. The van der Waals surface area contributed by atoms with E-state index < -0.39 is 32.5 Å². The third kappa shape index (κ3) is 4.68. The van der Waals surface area contributed by atoms with Crippen LogP contribution >= 0.6 is 11.6 Å². The van der Waals surface area contributed by atoms with Crippen LogP contribution in [0.3, 0.4) is 0 Å². The quantitative estimate of drug-likeness (QED) is 0.491. The highest BCUT2D eigenvalue weighted by Gasteiger charge is 2.31. The van der Waals surface area contributed by atoms with E-state index in [1.54, 1.807) is 18.7 Å². The normalized spacial score (nSPS) is 15.2. The molecule has 34 heavy (non-hydrogen) atoms. The Morgan fingerprint density at radius 2 is 1.68 bits per heavy atom. The summed E-state index contributed by atoms with van der Waals surface area (Å²) in [6, 6.07) is 5.85. The van der Waals surface area contributed by atoms with E-state index in [2.05, 4.69) is 10.1 Å². The lowest BCUT2D eigenvalue weighted by Crippen LogP contribution is -2.50. The topological polar surface area (TPSA) is 88.4 Å². The van der Waals surface area contributed by atoms with Crippen LogP contribution in [0.15, 0.2) is 47.5 Å². The predicted octanol–water partition coefficient (Wildman–Crippen LogP) is 3.09. The monoisotopic (exact) mass is 509 g/mol. The van der Waals surface area contributed by atoms with Gasteiger partial charge in [0, 0.05) is 44.5 Å². The van der Waals surface area contributed by atoms with Gasteiger partial charge in [-0.3, -0.25) is 4.79 Å². The molecule has 1 aliphatic heterocycles. The summed E-state index contributed by atoms with van der Waals surface area (Å²) >= 11 is 5.96. The minimum absolute atomic E-state index is 0.0431. The zero-order valence-electron chi connectivity index (χ0n) is 18.5. The summed E-state index contributed by atoms with van der Waals surface area (Å²) in [4.78, 5) is 19.2. The van der Waals surface area contributed by atoms with E-state index in [-0.39, 0.29) is 42.5 Å². The Kier molecular flexibility index (Phi) is 6.70. The maximum Gasteiger partial charge on any atom is 0.281 e. The van der Waals surface area contributed by atoms with Gasteiger partial charge in [0.15, 0.2) is 0 Å². The number of piperazine rings is 1. The zero-order valence-corrected chi connectivity index (χ0v) is 20.0. The second-order valence-corrected chi connectivity index (χ2v) is 11.0. The summed E-state index contributed by atoms with van der Waals surface area (Å²) in [6.45, 7) is 4.22. The molecule has 1 fully saturated rings. The number of benzene rings is 1. The van der Waals surface area contributed by atoms with Gasteiger partial charge in [0.2, 0.25) is 10.0 Å². The first-order chi connectivity index (χ1) is 16.1. The lowest BCUT2D eigenvalue weighted by Gasteiger charge is -2.36. The number of anilines is 1. The molecular formula is C22H22ClF2N5O3S. The fraction of sp³-hybridized carbons (Fsp3) is 0.318. The van der Waals surface area contributed by atoms with Crippen LogP contribution < -0.4 is 10.5 Å². The van der Waals surface area contributed by atoms with Crippen molar-refractivity contribution in [2.45, 2.75) is 19.1 Å². The van der Waals surface area contributed by atoms with Crippen molar-refractivity contribution in [2.24, 2.45) is 0 Å². The fourth-order valence-corrected chi connectivity index (χ4v) is 5.28. The molecule has 4 rings (SSSR count). The van der Waals surface area contributed by atoms with Gasteiger partial charge in [0.05, 0.1) is 28.4 Å². The lowest BCUT2D eigenvalue weighted by molar-refractivity contribution is 0.381. The van der Waals surface area contributed by atoms with E-state index in [9.17, 15) is 22.0 Å². The first-order valence-corrected chi connectivity index (χ1v) is 12.4. The molecule has 1 aromatic carbocycles. The number of hydrogen-bond acceptors (Lipinski definition) is 6. The largest absolute Gasteiger partial charge is 0.367 e. The molecule has 0 radical (unpaired) electrons. The minimum atomic E-state index is -3.43. The van der Waals surface area contributed by atoms with Crippen molar-refractivity contribution >= 4 is 27.3 Å². The number of pyridine rings is 1. The number of hydrogen-bond donors (Lipinski definition) is 0. The number of aromatic nitrogens is 3. The number of sulfonamides is 1. The summed E-state index contributed by atoms with van der Waals surface area (Å²) in [7, 11) is -3.43. The van der Waals surface area contributed by atoms with Crippen LogP contribution in [0.4, 0.5) is 14.5 Å². The van der Waals surface area contributed by atoms with Gasteiger partial charge in [0.1, 0.15) is 16.8 Å². The number of rotatable bonds is 5. The molecule has 8 nitrogen and oxygen atoms in total. The van der Waals surface area contributed by atoms with Crippen LogP contribution in [-0.4, -0.2) is 58.9 Å². The van der Waals surface area contributed by atoms with Crippen molar-refractivity contribution in [1.82, 2.24) is 19.1 Å². The molecule has 1 aliphatic rings. The third-order valence-corrected chi connectivity index (χ3v) is 8.08. The van der Waals surface area contributed by atoms with Crippen LogP contribution in [0.25, 0.3) is 16.8 Å². The molecule has 0 amide bonds. The van der Waals surface area contributed by atoms with E-state index >= 15 is 0 Å². The molecule has 0 saturated carbocycles. The van der Waals surface area contributed by atoms with Crippen LogP contribution in [0.1, 0.15) is 13.8 Å². The Morgan fingerprint density at radius 1 is 1.03 bits per heavy atom. The minimum Gasteiger partial charge on any atom is -0.367 e. The van der Waals surface area contributed by atoms with Gasteiger partial charge in [-0.25, -0.2) is 22.2 Å². The summed E-state index contributed by atoms with van der Waals surface area (Å²) in [5, 5.41) is 3.84. The summed E-state index contributed by atoms with van der Waals surface area (Å²) in [5.41, 5.74) is 0.171. The van der Waals surface area contributed by atoms with Crippen LogP contribution in [-0.2, 0) is 10.0 Å². The van der Waals surface area contributed by atoms with Crippen molar-refractivity contribution in [3.05, 3.63) is 69.9 Å². The molecule has 2 aromatic heterocycles.